The molecule has 2 aliphatic rings. The molecule has 110 valence electrons. The summed E-state index contributed by atoms with van der Waals surface area (Å²) in [4.78, 5) is 14.0. The van der Waals surface area contributed by atoms with Gasteiger partial charge >= 0.3 is 6.09 Å². The van der Waals surface area contributed by atoms with Crippen molar-refractivity contribution >= 4 is 6.09 Å². The van der Waals surface area contributed by atoms with E-state index in [2.05, 4.69) is 0 Å². The fourth-order valence-corrected chi connectivity index (χ4v) is 3.62. The number of aliphatic hydroxyl groups is 1. The first-order valence-electron chi connectivity index (χ1n) is 7.45. The molecule has 1 spiro atoms. The number of ether oxygens (including phenoxy) is 1. The maximum absolute atomic E-state index is 12.2. The van der Waals surface area contributed by atoms with Crippen LogP contribution in [0.15, 0.2) is 0 Å². The number of rotatable bonds is 1. The van der Waals surface area contributed by atoms with Crippen LogP contribution in [0.2, 0.25) is 0 Å². The van der Waals surface area contributed by atoms with Crippen LogP contribution in [-0.2, 0) is 4.74 Å². The van der Waals surface area contributed by atoms with Crippen LogP contribution in [0, 0.1) is 11.3 Å². The predicted octanol–water partition coefficient (Wildman–Crippen LogP) is 2.80. The lowest BCUT2D eigenvalue weighted by Crippen LogP contribution is -2.51. The molecule has 19 heavy (non-hydrogen) atoms. The van der Waals surface area contributed by atoms with Gasteiger partial charge in [0.2, 0.25) is 0 Å². The van der Waals surface area contributed by atoms with Crippen molar-refractivity contribution in [2.24, 2.45) is 11.3 Å². The molecule has 4 heteroatoms. The van der Waals surface area contributed by atoms with Crippen LogP contribution in [0.25, 0.3) is 0 Å². The molecule has 1 amide bonds. The van der Waals surface area contributed by atoms with E-state index >= 15 is 0 Å². The van der Waals surface area contributed by atoms with Crippen LogP contribution in [0.1, 0.15) is 52.9 Å². The highest BCUT2D eigenvalue weighted by Crippen LogP contribution is 2.48. The lowest BCUT2D eigenvalue weighted by Gasteiger charge is -2.46. The Morgan fingerprint density at radius 2 is 2.00 bits per heavy atom. The first-order valence-corrected chi connectivity index (χ1v) is 7.45. The second-order valence-corrected chi connectivity index (χ2v) is 7.14. The van der Waals surface area contributed by atoms with E-state index in [0.717, 1.165) is 25.8 Å². The standard InChI is InChI=1S/C15H27NO3/c1-14(2,3)19-13(18)16-9-6-12(10-17)15(11-16)7-4-5-8-15/h12,17H,4-11H2,1-3H3. The number of carbonyl (C=O) groups is 1. The molecule has 0 aromatic carbocycles. The molecule has 0 radical (unpaired) electrons. The Morgan fingerprint density at radius 3 is 2.53 bits per heavy atom. The number of nitrogens with zero attached hydrogens (tertiary/aromatic N) is 1. The van der Waals surface area contributed by atoms with Gasteiger partial charge in [0, 0.05) is 19.7 Å². The Hall–Kier alpha value is -0.770. The van der Waals surface area contributed by atoms with Crippen molar-refractivity contribution < 1.29 is 14.6 Å². The molecular weight excluding hydrogens is 242 g/mol. The average molecular weight is 269 g/mol. The Morgan fingerprint density at radius 1 is 1.37 bits per heavy atom. The van der Waals surface area contributed by atoms with Crippen molar-refractivity contribution in [3.05, 3.63) is 0 Å². The van der Waals surface area contributed by atoms with Crippen molar-refractivity contribution in [2.45, 2.75) is 58.5 Å². The number of carbonyl (C=O) groups excluding carboxylic acids is 1. The van der Waals surface area contributed by atoms with Crippen molar-refractivity contribution in [1.82, 2.24) is 4.90 Å². The summed E-state index contributed by atoms with van der Waals surface area (Å²) >= 11 is 0. The van der Waals surface area contributed by atoms with Crippen LogP contribution in [-0.4, -0.2) is 41.4 Å². The Labute approximate surface area is 116 Å². The molecular formula is C15H27NO3. The molecule has 1 aliphatic carbocycles. The van der Waals surface area contributed by atoms with Gasteiger partial charge in [-0.15, -0.1) is 0 Å². The molecule has 1 saturated heterocycles. The molecule has 1 aliphatic heterocycles. The molecule has 0 bridgehead atoms. The zero-order valence-electron chi connectivity index (χ0n) is 12.4. The van der Waals surface area contributed by atoms with Gasteiger partial charge in [0.15, 0.2) is 0 Å². The summed E-state index contributed by atoms with van der Waals surface area (Å²) in [6.45, 7) is 7.42. The highest BCUT2D eigenvalue weighted by atomic mass is 16.6. The van der Waals surface area contributed by atoms with E-state index in [-0.39, 0.29) is 18.1 Å². The zero-order chi connectivity index (χ0) is 14.1. The number of amides is 1. The van der Waals surface area contributed by atoms with Gasteiger partial charge in [0.05, 0.1) is 0 Å². The van der Waals surface area contributed by atoms with E-state index in [1.165, 1.54) is 12.8 Å². The van der Waals surface area contributed by atoms with Gasteiger partial charge in [-0.2, -0.15) is 0 Å². The van der Waals surface area contributed by atoms with Crippen LogP contribution in [0.3, 0.4) is 0 Å². The van der Waals surface area contributed by atoms with Gasteiger partial charge in [0.1, 0.15) is 5.60 Å². The summed E-state index contributed by atoms with van der Waals surface area (Å²) in [6, 6.07) is 0. The first kappa shape index (κ1) is 14.6. The van der Waals surface area contributed by atoms with Crippen LogP contribution in [0.5, 0.6) is 0 Å². The lowest BCUT2D eigenvalue weighted by atomic mass is 9.70. The topological polar surface area (TPSA) is 49.8 Å². The number of piperidine rings is 1. The van der Waals surface area contributed by atoms with Gasteiger partial charge in [-0.1, -0.05) is 12.8 Å². The van der Waals surface area contributed by atoms with Crippen LogP contribution < -0.4 is 0 Å². The summed E-state index contributed by atoms with van der Waals surface area (Å²) in [6.07, 6.45) is 5.41. The lowest BCUT2D eigenvalue weighted by molar-refractivity contribution is -0.0243. The first-order chi connectivity index (χ1) is 8.86. The summed E-state index contributed by atoms with van der Waals surface area (Å²) in [5.74, 6) is 0.355. The molecule has 1 saturated carbocycles. The largest absolute Gasteiger partial charge is 0.444 e. The van der Waals surface area contributed by atoms with Crippen molar-refractivity contribution in [3.63, 3.8) is 0 Å². The molecule has 2 rings (SSSR count). The molecule has 0 aromatic heterocycles. The molecule has 0 aromatic rings. The van der Waals surface area contributed by atoms with E-state index in [0.29, 0.717) is 12.5 Å². The highest BCUT2D eigenvalue weighted by molar-refractivity contribution is 5.68. The second-order valence-electron chi connectivity index (χ2n) is 7.14. The number of hydrogen-bond donors (Lipinski definition) is 1. The third-order valence-electron chi connectivity index (χ3n) is 4.59. The minimum Gasteiger partial charge on any atom is -0.444 e. The summed E-state index contributed by atoms with van der Waals surface area (Å²) in [5, 5.41) is 9.59. The van der Waals surface area contributed by atoms with Gasteiger partial charge in [-0.25, -0.2) is 4.79 Å². The number of likely N-dealkylation sites (tertiary alicyclic amines) is 1. The Kier molecular flexibility index (Phi) is 4.09. The second kappa shape index (κ2) is 5.31. The van der Waals surface area contributed by atoms with E-state index in [4.69, 9.17) is 4.74 Å². The van der Waals surface area contributed by atoms with E-state index in [9.17, 15) is 9.90 Å². The maximum Gasteiger partial charge on any atom is 0.410 e. The maximum atomic E-state index is 12.2. The van der Waals surface area contributed by atoms with Crippen molar-refractivity contribution in [3.8, 4) is 0 Å². The SMILES string of the molecule is CC(C)(C)OC(=O)N1CCC(CO)C2(CCCC2)C1. The van der Waals surface area contributed by atoms with E-state index in [1.54, 1.807) is 0 Å². The fourth-order valence-electron chi connectivity index (χ4n) is 3.62. The molecule has 1 N–H and O–H groups in total. The minimum atomic E-state index is -0.437. The quantitative estimate of drug-likeness (QED) is 0.796. The molecule has 1 unspecified atom stereocenters. The van der Waals surface area contributed by atoms with Crippen LogP contribution >= 0.6 is 0 Å². The van der Waals surface area contributed by atoms with Gasteiger partial charge in [-0.05, 0) is 51.4 Å². The van der Waals surface area contributed by atoms with E-state index < -0.39 is 5.60 Å². The van der Waals surface area contributed by atoms with Crippen molar-refractivity contribution in [2.75, 3.05) is 19.7 Å². The molecule has 1 atom stereocenters. The number of aliphatic hydroxyl groups excluding tert-OH is 1. The Bertz CT molecular complexity index is 329. The predicted molar refractivity (Wildman–Crippen MR) is 73.9 cm³/mol. The molecule has 4 nitrogen and oxygen atoms in total. The number of hydrogen-bond acceptors (Lipinski definition) is 3. The third-order valence-corrected chi connectivity index (χ3v) is 4.59. The minimum absolute atomic E-state index is 0.143. The monoisotopic (exact) mass is 269 g/mol. The summed E-state index contributed by atoms with van der Waals surface area (Å²) < 4.78 is 5.47. The smallest absolute Gasteiger partial charge is 0.410 e. The summed E-state index contributed by atoms with van der Waals surface area (Å²) in [7, 11) is 0. The highest BCUT2D eigenvalue weighted by Gasteiger charge is 2.46. The zero-order valence-corrected chi connectivity index (χ0v) is 12.4. The molecule has 2 fully saturated rings. The normalized spacial score (nSPS) is 26.7. The Balaban J connectivity index is 2.04. The fraction of sp³-hybridized carbons (Fsp3) is 0.933. The van der Waals surface area contributed by atoms with Crippen molar-refractivity contribution in [1.29, 1.82) is 0 Å². The van der Waals surface area contributed by atoms with Crippen LogP contribution in [0.4, 0.5) is 4.79 Å². The molecule has 1 heterocycles. The van der Waals surface area contributed by atoms with Gasteiger partial charge in [0.25, 0.3) is 0 Å². The average Bonchev–Trinajstić information content (AvgIpc) is 2.76. The summed E-state index contributed by atoms with van der Waals surface area (Å²) in [5.41, 5.74) is -0.294. The van der Waals surface area contributed by atoms with Gasteiger partial charge in [-0.3, -0.25) is 0 Å². The third kappa shape index (κ3) is 3.22. The van der Waals surface area contributed by atoms with Gasteiger partial charge < -0.3 is 14.7 Å². The van der Waals surface area contributed by atoms with E-state index in [1.807, 2.05) is 25.7 Å².